The van der Waals surface area contributed by atoms with E-state index in [0.717, 1.165) is 4.31 Å². The van der Waals surface area contributed by atoms with Crippen LogP contribution in [0.4, 0.5) is 0 Å². The van der Waals surface area contributed by atoms with Crippen LogP contribution in [0.3, 0.4) is 0 Å². The SMILES string of the molecule is CC1(C)SCCN(S(=O)(=O)c2ccc(Oc3ccncc3)cc2)[C@H]1C(=O)NO.[H+]. The maximum atomic E-state index is 13.2. The van der Waals surface area contributed by atoms with Crippen LogP contribution < -0.4 is 10.2 Å². The molecule has 1 atom stereocenters. The Bertz CT molecular complexity index is 940. The van der Waals surface area contributed by atoms with Crippen molar-refractivity contribution in [1.82, 2.24) is 14.8 Å². The molecular weight excluding hydrogens is 402 g/mol. The topological polar surface area (TPSA) is 109 Å². The van der Waals surface area contributed by atoms with E-state index < -0.39 is 26.7 Å². The fourth-order valence-corrected chi connectivity index (χ4v) is 6.19. The lowest BCUT2D eigenvalue weighted by molar-refractivity contribution is -0.134. The van der Waals surface area contributed by atoms with E-state index in [-0.39, 0.29) is 12.9 Å². The number of nitrogens with one attached hydrogen (secondary N) is 1. The van der Waals surface area contributed by atoms with E-state index in [1.165, 1.54) is 23.9 Å². The number of thioether (sulfide) groups is 1. The van der Waals surface area contributed by atoms with E-state index in [1.807, 2.05) is 0 Å². The van der Waals surface area contributed by atoms with Gasteiger partial charge < -0.3 is 4.74 Å². The molecule has 8 nitrogen and oxygen atoms in total. The zero-order chi connectivity index (χ0) is 20.4. The summed E-state index contributed by atoms with van der Waals surface area (Å²) in [5.74, 6) is 0.854. The minimum atomic E-state index is -3.94. The van der Waals surface area contributed by atoms with Gasteiger partial charge in [-0.15, -0.1) is 0 Å². The molecular formula is C18H22N3O5S2+. The molecule has 1 saturated heterocycles. The average molecular weight is 425 g/mol. The Morgan fingerprint density at radius 3 is 2.46 bits per heavy atom. The highest BCUT2D eigenvalue weighted by molar-refractivity contribution is 8.00. The Kier molecular flexibility index (Phi) is 5.94. The number of benzene rings is 1. The second-order valence-electron chi connectivity index (χ2n) is 6.70. The molecule has 0 aliphatic carbocycles. The number of aromatic nitrogens is 1. The second kappa shape index (κ2) is 8.08. The molecule has 1 aliphatic rings. The lowest BCUT2D eigenvalue weighted by Gasteiger charge is -2.43. The van der Waals surface area contributed by atoms with Crippen molar-refractivity contribution in [3.63, 3.8) is 0 Å². The van der Waals surface area contributed by atoms with Crippen molar-refractivity contribution in [3.05, 3.63) is 48.8 Å². The van der Waals surface area contributed by atoms with Gasteiger partial charge in [0.1, 0.15) is 17.5 Å². The first-order valence-electron chi connectivity index (χ1n) is 8.53. The Labute approximate surface area is 169 Å². The van der Waals surface area contributed by atoms with Crippen LogP contribution in [0.5, 0.6) is 11.5 Å². The number of hydrogen-bond acceptors (Lipinski definition) is 7. The Morgan fingerprint density at radius 2 is 1.86 bits per heavy atom. The number of ether oxygens (including phenoxy) is 1. The minimum Gasteiger partial charge on any atom is -0.457 e. The molecule has 150 valence electrons. The molecule has 1 aliphatic heterocycles. The number of hydrogen-bond donors (Lipinski definition) is 2. The summed E-state index contributed by atoms with van der Waals surface area (Å²) >= 11 is 1.49. The van der Waals surface area contributed by atoms with Crippen molar-refractivity contribution in [3.8, 4) is 11.5 Å². The van der Waals surface area contributed by atoms with E-state index in [9.17, 15) is 13.2 Å². The highest BCUT2D eigenvalue weighted by Crippen LogP contribution is 2.38. The normalized spacial score (nSPS) is 19.8. The third-order valence-electron chi connectivity index (χ3n) is 4.41. The van der Waals surface area contributed by atoms with E-state index in [0.29, 0.717) is 17.3 Å². The molecule has 1 fully saturated rings. The maximum absolute atomic E-state index is 13.2. The van der Waals surface area contributed by atoms with Crippen molar-refractivity contribution >= 4 is 27.7 Å². The average Bonchev–Trinajstić information content (AvgIpc) is 2.68. The summed E-state index contributed by atoms with van der Waals surface area (Å²) in [5, 5.41) is 9.10. The number of rotatable bonds is 5. The zero-order valence-corrected chi connectivity index (χ0v) is 17.0. The van der Waals surface area contributed by atoms with E-state index in [2.05, 4.69) is 4.98 Å². The summed E-state index contributed by atoms with van der Waals surface area (Å²) in [6, 6.07) is 8.33. The monoisotopic (exact) mass is 424 g/mol. The molecule has 2 aromatic rings. The van der Waals surface area contributed by atoms with Gasteiger partial charge in [0.2, 0.25) is 10.0 Å². The number of sulfonamides is 1. The number of carbonyl (C=O) groups is 1. The van der Waals surface area contributed by atoms with Crippen LogP contribution in [0.25, 0.3) is 0 Å². The van der Waals surface area contributed by atoms with Gasteiger partial charge in [-0.3, -0.25) is 15.0 Å². The third-order valence-corrected chi connectivity index (χ3v) is 7.64. The van der Waals surface area contributed by atoms with E-state index in [1.54, 1.807) is 56.0 Å². The van der Waals surface area contributed by atoms with Crippen LogP contribution in [0.15, 0.2) is 53.7 Å². The summed E-state index contributed by atoms with van der Waals surface area (Å²) in [4.78, 5) is 16.2. The van der Waals surface area contributed by atoms with Gasteiger partial charge in [0.25, 0.3) is 5.91 Å². The molecule has 0 radical (unpaired) electrons. The molecule has 0 saturated carbocycles. The summed E-state index contributed by atoms with van der Waals surface area (Å²) in [5.41, 5.74) is 1.60. The Hall–Kier alpha value is -2.14. The first kappa shape index (κ1) is 20.6. The summed E-state index contributed by atoms with van der Waals surface area (Å²) in [6.07, 6.45) is 3.19. The van der Waals surface area contributed by atoms with Crippen molar-refractivity contribution in [2.45, 2.75) is 29.5 Å². The molecule has 1 aromatic heterocycles. The lowest BCUT2D eigenvalue weighted by Crippen LogP contribution is -2.61. The van der Waals surface area contributed by atoms with Crippen LogP contribution >= 0.6 is 11.8 Å². The Balaban J connectivity index is 0.00000300. The number of nitrogens with zero attached hydrogens (tertiary/aromatic N) is 2. The molecule has 10 heteroatoms. The summed E-state index contributed by atoms with van der Waals surface area (Å²) in [6.45, 7) is 3.74. The molecule has 0 spiro atoms. The quantitative estimate of drug-likeness (QED) is 0.560. The lowest BCUT2D eigenvalue weighted by atomic mass is 10.0. The van der Waals surface area contributed by atoms with Gasteiger partial charge in [-0.05, 0) is 50.2 Å². The van der Waals surface area contributed by atoms with Gasteiger partial charge in [0, 0.05) is 29.4 Å². The highest BCUT2D eigenvalue weighted by Gasteiger charge is 2.48. The van der Waals surface area contributed by atoms with Crippen LogP contribution in [-0.4, -0.2) is 51.9 Å². The number of carbonyl (C=O) groups excluding carboxylic acids is 1. The van der Waals surface area contributed by atoms with Crippen LogP contribution in [0, 0.1) is 0 Å². The van der Waals surface area contributed by atoms with Gasteiger partial charge in [-0.2, -0.15) is 16.1 Å². The molecule has 2 N–H and O–H groups in total. The minimum absolute atomic E-state index is 0. The number of pyridine rings is 1. The number of amides is 1. The maximum Gasteiger partial charge on any atom is 1.00 e. The molecule has 3 rings (SSSR count). The van der Waals surface area contributed by atoms with Crippen molar-refractivity contribution < 1.29 is 24.6 Å². The number of hydroxylamine groups is 1. The third kappa shape index (κ3) is 4.14. The molecule has 0 bridgehead atoms. The summed E-state index contributed by atoms with van der Waals surface area (Å²) in [7, 11) is -3.94. The molecule has 2 heterocycles. The van der Waals surface area contributed by atoms with Crippen molar-refractivity contribution in [1.29, 1.82) is 0 Å². The summed E-state index contributed by atoms with van der Waals surface area (Å²) < 4.78 is 32.5. The first-order valence-corrected chi connectivity index (χ1v) is 11.0. The standard InChI is InChI=1S/C18H21N3O5S2/c1-18(2)16(17(22)20-23)21(11-12-27-18)28(24,25)15-5-3-13(4-6-15)26-14-7-9-19-10-8-14/h3-10,16,23H,11-12H2,1-2H3,(H,20,22)/p+1/t16-/m0/s1. The molecule has 0 unspecified atom stereocenters. The van der Waals surface area contributed by atoms with Crippen molar-refractivity contribution in [2.24, 2.45) is 0 Å². The predicted octanol–water partition coefficient (Wildman–Crippen LogP) is 2.38. The largest absolute Gasteiger partial charge is 1.00 e. The van der Waals surface area contributed by atoms with Crippen molar-refractivity contribution in [2.75, 3.05) is 12.3 Å². The fourth-order valence-electron chi connectivity index (χ4n) is 3.08. The first-order chi connectivity index (χ1) is 13.3. The van der Waals surface area contributed by atoms with Gasteiger partial charge in [-0.1, -0.05) is 0 Å². The van der Waals surface area contributed by atoms with Gasteiger partial charge in [-0.25, -0.2) is 13.9 Å². The van der Waals surface area contributed by atoms with Crippen LogP contribution in [-0.2, 0) is 14.8 Å². The van der Waals surface area contributed by atoms with Gasteiger partial charge in [0.15, 0.2) is 0 Å². The van der Waals surface area contributed by atoms with Crippen LogP contribution in [0.1, 0.15) is 15.3 Å². The van der Waals surface area contributed by atoms with E-state index >= 15 is 0 Å². The smallest absolute Gasteiger partial charge is 0.457 e. The molecule has 1 amide bonds. The zero-order valence-electron chi connectivity index (χ0n) is 16.4. The Morgan fingerprint density at radius 1 is 1.25 bits per heavy atom. The highest BCUT2D eigenvalue weighted by atomic mass is 32.2. The van der Waals surface area contributed by atoms with E-state index in [4.69, 9.17) is 9.94 Å². The molecule has 1 aromatic carbocycles. The second-order valence-corrected chi connectivity index (χ2v) is 10.3. The van der Waals surface area contributed by atoms with Crippen LogP contribution in [0.2, 0.25) is 0 Å². The molecule has 28 heavy (non-hydrogen) atoms. The van der Waals surface area contributed by atoms with Gasteiger partial charge in [0.05, 0.1) is 4.90 Å². The fraction of sp³-hybridized carbons (Fsp3) is 0.333. The predicted molar refractivity (Wildman–Crippen MR) is 106 cm³/mol. The van der Waals surface area contributed by atoms with Gasteiger partial charge >= 0.3 is 1.43 Å².